The molecule has 0 radical (unpaired) electrons. The van der Waals surface area contributed by atoms with Gasteiger partial charge in [-0.3, -0.25) is 0 Å². The summed E-state index contributed by atoms with van der Waals surface area (Å²) < 4.78 is 7.21. The van der Waals surface area contributed by atoms with Gasteiger partial charge in [-0.2, -0.15) is 0 Å². The van der Waals surface area contributed by atoms with Gasteiger partial charge in [0.1, 0.15) is 11.9 Å². The molecule has 0 aliphatic rings. The topological polar surface area (TPSA) is 69.9 Å². The highest BCUT2D eigenvalue weighted by Crippen LogP contribution is 2.48. The normalized spacial score (nSPS) is 14.4. The van der Waals surface area contributed by atoms with E-state index >= 15 is 0 Å². The lowest BCUT2D eigenvalue weighted by molar-refractivity contribution is -0.0757. The lowest BCUT2D eigenvalue weighted by atomic mass is 9.70. The maximum absolute atomic E-state index is 10.8. The average molecular weight is 569 g/mol. The predicted octanol–water partition coefficient (Wildman–Crippen LogP) is 8.08. The molecule has 0 aliphatic heterocycles. The Kier molecular flexibility index (Phi) is 10.7. The number of ether oxygens (including phenoxy) is 1. The maximum atomic E-state index is 10.8. The molecule has 2 rings (SSSR count). The Labute approximate surface area is 251 Å². The monoisotopic (exact) mass is 568 g/mol. The smallest absolute Gasteiger partial charge is 0.137 e. The number of aliphatic hydroxyl groups is 3. The van der Waals surface area contributed by atoms with E-state index in [1.54, 1.807) is 0 Å². The molecule has 1 atom stereocenters. The van der Waals surface area contributed by atoms with Gasteiger partial charge in [0.05, 0.1) is 25.2 Å². The highest BCUT2D eigenvalue weighted by Gasteiger charge is 2.45. The second-order valence-corrected chi connectivity index (χ2v) is 16.2. The molecule has 232 valence electrons. The fraction of sp³-hybridized carbons (Fsp3) is 0.676. The number of hydrogen-bond donors (Lipinski definition) is 3. The molecule has 0 heterocycles. The van der Waals surface area contributed by atoms with E-state index in [1.165, 1.54) is 11.1 Å². The van der Waals surface area contributed by atoms with Crippen LogP contribution in [-0.2, 0) is 34.5 Å². The van der Waals surface area contributed by atoms with Gasteiger partial charge in [-0.05, 0) is 62.3 Å². The molecule has 2 aromatic rings. The van der Waals surface area contributed by atoms with Gasteiger partial charge in [0.15, 0.2) is 0 Å². The maximum Gasteiger partial charge on any atom is 0.137 e. The van der Waals surface area contributed by atoms with Gasteiger partial charge in [0, 0.05) is 11.1 Å². The molecule has 2 aromatic carbocycles. The van der Waals surface area contributed by atoms with E-state index in [1.807, 2.05) is 0 Å². The van der Waals surface area contributed by atoms with E-state index in [0.717, 1.165) is 46.4 Å². The Bertz CT molecular complexity index is 1170. The zero-order chi connectivity index (χ0) is 31.8. The Hall–Kier alpha value is -1.88. The van der Waals surface area contributed by atoms with Gasteiger partial charge < -0.3 is 20.1 Å². The zero-order valence-electron chi connectivity index (χ0n) is 28.7. The number of rotatable bonds is 9. The lowest BCUT2D eigenvalue weighted by Gasteiger charge is -2.42. The third kappa shape index (κ3) is 7.56. The molecule has 0 spiro atoms. The van der Waals surface area contributed by atoms with E-state index in [-0.39, 0.29) is 21.7 Å². The zero-order valence-corrected chi connectivity index (χ0v) is 28.7. The van der Waals surface area contributed by atoms with Crippen LogP contribution in [0.25, 0.3) is 0 Å². The standard InChI is InChI=1S/C37H60O4/c1-15-24-17-26(33(3,4)5)19-28(35(9,10)11)30(24)32(37(21-38,22-39)23-40)41-31-25(16-2)18-27(34(6,7)8)20-29(31)36(12,13)14/h17-20,32,38-40H,15-16,21-23H2,1-14H3. The van der Waals surface area contributed by atoms with Crippen molar-refractivity contribution in [3.63, 3.8) is 0 Å². The molecule has 4 nitrogen and oxygen atoms in total. The molecule has 3 N–H and O–H groups in total. The van der Waals surface area contributed by atoms with Gasteiger partial charge in [-0.25, -0.2) is 0 Å². The van der Waals surface area contributed by atoms with Crippen molar-refractivity contribution >= 4 is 0 Å². The Morgan fingerprint density at radius 3 is 1.29 bits per heavy atom. The van der Waals surface area contributed by atoms with Gasteiger partial charge in [-0.15, -0.1) is 0 Å². The molecule has 0 saturated heterocycles. The van der Waals surface area contributed by atoms with Crippen LogP contribution in [0.3, 0.4) is 0 Å². The second-order valence-electron chi connectivity index (χ2n) is 16.2. The van der Waals surface area contributed by atoms with Crippen molar-refractivity contribution in [3.8, 4) is 5.75 Å². The molecule has 4 heteroatoms. The summed E-state index contributed by atoms with van der Waals surface area (Å²) in [4.78, 5) is 0. The van der Waals surface area contributed by atoms with E-state index in [2.05, 4.69) is 121 Å². The molecule has 0 saturated carbocycles. The van der Waals surface area contributed by atoms with Crippen molar-refractivity contribution in [1.29, 1.82) is 0 Å². The van der Waals surface area contributed by atoms with Gasteiger partial charge in [-0.1, -0.05) is 121 Å². The molecule has 0 fully saturated rings. The molecular weight excluding hydrogens is 508 g/mol. The van der Waals surface area contributed by atoms with Crippen LogP contribution in [0.4, 0.5) is 0 Å². The Morgan fingerprint density at radius 2 is 0.951 bits per heavy atom. The van der Waals surface area contributed by atoms with Crippen LogP contribution in [0.5, 0.6) is 5.75 Å². The van der Waals surface area contributed by atoms with Crippen molar-refractivity contribution < 1.29 is 20.1 Å². The molecule has 0 amide bonds. The second kappa shape index (κ2) is 12.4. The molecule has 0 aliphatic carbocycles. The van der Waals surface area contributed by atoms with Crippen LogP contribution in [0.15, 0.2) is 24.3 Å². The minimum absolute atomic E-state index is 0.0372. The fourth-order valence-corrected chi connectivity index (χ4v) is 5.46. The van der Waals surface area contributed by atoms with Crippen molar-refractivity contribution in [2.24, 2.45) is 5.41 Å². The number of hydrogen-bond acceptors (Lipinski definition) is 4. The summed E-state index contributed by atoms with van der Waals surface area (Å²) in [6.45, 7) is 29.6. The van der Waals surface area contributed by atoms with Crippen molar-refractivity contribution in [2.45, 2.75) is 138 Å². The molecule has 1 unspecified atom stereocenters. The van der Waals surface area contributed by atoms with E-state index in [4.69, 9.17) is 4.74 Å². The summed E-state index contributed by atoms with van der Waals surface area (Å²) in [5, 5.41) is 32.5. The molecule has 41 heavy (non-hydrogen) atoms. The first-order chi connectivity index (χ1) is 18.6. The van der Waals surface area contributed by atoms with Crippen molar-refractivity contribution in [2.75, 3.05) is 19.8 Å². The van der Waals surface area contributed by atoms with E-state index < -0.39 is 31.3 Å². The molecular formula is C37H60O4. The van der Waals surface area contributed by atoms with Crippen LogP contribution in [-0.4, -0.2) is 35.1 Å². The fourth-order valence-electron chi connectivity index (χ4n) is 5.46. The first-order valence-corrected chi connectivity index (χ1v) is 15.5. The van der Waals surface area contributed by atoms with Gasteiger partial charge >= 0.3 is 0 Å². The summed E-state index contributed by atoms with van der Waals surface area (Å²) in [5.41, 5.74) is 6.02. The number of aliphatic hydroxyl groups excluding tert-OH is 3. The van der Waals surface area contributed by atoms with Crippen molar-refractivity contribution in [3.05, 3.63) is 63.2 Å². The Morgan fingerprint density at radius 1 is 0.561 bits per heavy atom. The summed E-state index contributed by atoms with van der Waals surface area (Å²) in [6, 6.07) is 9.04. The highest BCUT2D eigenvalue weighted by atomic mass is 16.5. The lowest BCUT2D eigenvalue weighted by Crippen LogP contribution is -2.44. The summed E-state index contributed by atoms with van der Waals surface area (Å²) in [6.07, 6.45) is 0.762. The summed E-state index contributed by atoms with van der Waals surface area (Å²) in [5.74, 6) is 0.791. The number of aryl methyl sites for hydroxylation is 2. The third-order valence-electron chi connectivity index (χ3n) is 8.54. The summed E-state index contributed by atoms with van der Waals surface area (Å²) >= 11 is 0. The van der Waals surface area contributed by atoms with Crippen LogP contribution >= 0.6 is 0 Å². The van der Waals surface area contributed by atoms with E-state index in [9.17, 15) is 15.3 Å². The third-order valence-corrected chi connectivity index (χ3v) is 8.54. The van der Waals surface area contributed by atoms with Crippen molar-refractivity contribution in [1.82, 2.24) is 0 Å². The average Bonchev–Trinajstić information content (AvgIpc) is 2.85. The molecule has 0 aromatic heterocycles. The summed E-state index contributed by atoms with van der Waals surface area (Å²) in [7, 11) is 0. The van der Waals surface area contributed by atoms with Gasteiger partial charge in [0.25, 0.3) is 0 Å². The minimum Gasteiger partial charge on any atom is -0.484 e. The van der Waals surface area contributed by atoms with Gasteiger partial charge in [0.2, 0.25) is 0 Å². The largest absolute Gasteiger partial charge is 0.484 e. The van der Waals surface area contributed by atoms with Crippen LogP contribution < -0.4 is 4.74 Å². The SMILES string of the molecule is CCc1cc(C(C)(C)C)cc(C(C)(C)C)c1OC(c1c(CC)cc(C(C)(C)C)cc1C(C)(C)C)C(CO)(CO)CO. The first kappa shape index (κ1) is 35.3. The van der Waals surface area contributed by atoms with Crippen LogP contribution in [0, 0.1) is 5.41 Å². The Balaban J connectivity index is 3.13. The van der Waals surface area contributed by atoms with Crippen LogP contribution in [0.1, 0.15) is 142 Å². The quantitative estimate of drug-likeness (QED) is 0.286. The molecule has 0 bridgehead atoms. The minimum atomic E-state index is -1.30. The van der Waals surface area contributed by atoms with Crippen LogP contribution in [0.2, 0.25) is 0 Å². The number of benzene rings is 2. The highest BCUT2D eigenvalue weighted by molar-refractivity contribution is 5.52. The van der Waals surface area contributed by atoms with E-state index in [0.29, 0.717) is 0 Å². The predicted molar refractivity (Wildman–Crippen MR) is 173 cm³/mol. The first-order valence-electron chi connectivity index (χ1n) is 15.5.